The lowest BCUT2D eigenvalue weighted by molar-refractivity contribution is -0.00177. The van der Waals surface area contributed by atoms with E-state index in [1.807, 2.05) is 31.5 Å². The van der Waals surface area contributed by atoms with Crippen molar-refractivity contribution in [1.29, 1.82) is 5.26 Å². The monoisotopic (exact) mass is 548 g/mol. The number of hydrogen-bond donors (Lipinski definition) is 5. The topological polar surface area (TPSA) is 158 Å². The molecule has 6 N–H and O–H groups in total. The second-order valence-electron chi connectivity index (χ2n) is 10.8. The fourth-order valence-electron chi connectivity index (χ4n) is 4.88. The summed E-state index contributed by atoms with van der Waals surface area (Å²) >= 11 is 0. The smallest absolute Gasteiger partial charge is 0.255 e. The van der Waals surface area contributed by atoms with E-state index < -0.39 is 17.7 Å². The molecule has 10 nitrogen and oxygen atoms in total. The first-order chi connectivity index (χ1) is 19.1. The first-order valence-corrected chi connectivity index (χ1v) is 13.6. The molecule has 0 spiro atoms. The highest BCUT2D eigenvalue weighted by atomic mass is 19.1. The number of amides is 1. The largest absolute Gasteiger partial charge is 0.387 e. The molecule has 3 heterocycles. The van der Waals surface area contributed by atoms with E-state index in [9.17, 15) is 19.6 Å². The molecular formula is C29H37FN8O2. The SMILES string of the molecule is CC/C(C#N)=C\c1ccc(-c2cc(NC3CCC(c4cn[nH]c4)CC3)c(C(=O)NCC(F)C(C)(C)O)cn2)n1N. The zero-order valence-electron chi connectivity index (χ0n) is 23.1. The number of alkyl halides is 1. The number of allylic oxidation sites excluding steroid dienone is 1. The fourth-order valence-corrected chi connectivity index (χ4v) is 4.88. The van der Waals surface area contributed by atoms with Gasteiger partial charge in [0.25, 0.3) is 5.91 Å². The number of rotatable bonds is 10. The van der Waals surface area contributed by atoms with Crippen LogP contribution in [0.3, 0.4) is 0 Å². The standard InChI is InChI=1S/C29H37FN8O2/c1-4-18(13-31)11-22-9-10-26(38(22)32)25-12-24(23(16-33-25)28(39)34-17-27(30)29(2,3)40)37-21-7-5-19(6-8-21)20-14-35-36-15-20/h9-12,14-16,19,21,27,40H,4-8,17,32H2,1-3H3,(H,33,37)(H,34,39)(H,35,36)/b18-11+. The minimum absolute atomic E-state index is 0.126. The molecule has 1 atom stereocenters. The Bertz CT molecular complexity index is 1380. The Morgan fingerprint density at radius 2 is 2.10 bits per heavy atom. The van der Waals surface area contributed by atoms with Gasteiger partial charge in [-0.2, -0.15) is 10.4 Å². The van der Waals surface area contributed by atoms with Gasteiger partial charge in [-0.25, -0.2) is 4.39 Å². The minimum Gasteiger partial charge on any atom is -0.387 e. The van der Waals surface area contributed by atoms with Crippen LogP contribution >= 0.6 is 0 Å². The number of carbonyl (C=O) groups excluding carboxylic acids is 1. The lowest BCUT2D eigenvalue weighted by Gasteiger charge is -2.30. The van der Waals surface area contributed by atoms with Gasteiger partial charge >= 0.3 is 0 Å². The number of nitrogens with zero attached hydrogens (tertiary/aromatic N) is 4. The highest BCUT2D eigenvalue weighted by Gasteiger charge is 2.28. The summed E-state index contributed by atoms with van der Waals surface area (Å²) < 4.78 is 15.8. The van der Waals surface area contributed by atoms with Gasteiger partial charge in [0.2, 0.25) is 0 Å². The summed E-state index contributed by atoms with van der Waals surface area (Å²) in [5.41, 5.74) is 2.88. The zero-order valence-corrected chi connectivity index (χ0v) is 23.1. The van der Waals surface area contributed by atoms with Crippen LogP contribution in [0.2, 0.25) is 0 Å². The third-order valence-electron chi connectivity index (χ3n) is 7.49. The van der Waals surface area contributed by atoms with Crippen LogP contribution in [0.15, 0.2) is 42.4 Å². The average Bonchev–Trinajstić information content (AvgIpc) is 3.60. The maximum Gasteiger partial charge on any atom is 0.255 e. The Morgan fingerprint density at radius 3 is 2.73 bits per heavy atom. The normalized spacial score (nSPS) is 18.6. The summed E-state index contributed by atoms with van der Waals surface area (Å²) in [5.74, 6) is 6.30. The summed E-state index contributed by atoms with van der Waals surface area (Å²) in [7, 11) is 0. The van der Waals surface area contributed by atoms with E-state index in [1.165, 1.54) is 30.3 Å². The van der Waals surface area contributed by atoms with Crippen LogP contribution in [0.1, 0.15) is 80.4 Å². The number of nitrogens with two attached hydrogens (primary N) is 1. The van der Waals surface area contributed by atoms with Gasteiger partial charge in [-0.05, 0) is 81.7 Å². The van der Waals surface area contributed by atoms with E-state index in [4.69, 9.17) is 5.84 Å². The molecule has 0 saturated heterocycles. The molecule has 1 saturated carbocycles. The van der Waals surface area contributed by atoms with Gasteiger partial charge in [0.1, 0.15) is 6.17 Å². The molecule has 3 aromatic rings. The molecule has 11 heteroatoms. The molecule has 1 aliphatic rings. The van der Waals surface area contributed by atoms with Crippen molar-refractivity contribution >= 4 is 17.7 Å². The number of hydrogen-bond acceptors (Lipinski definition) is 7. The van der Waals surface area contributed by atoms with Crippen molar-refractivity contribution in [2.75, 3.05) is 17.7 Å². The van der Waals surface area contributed by atoms with Gasteiger partial charge in [-0.15, -0.1) is 0 Å². The highest BCUT2D eigenvalue weighted by Crippen LogP contribution is 2.34. The van der Waals surface area contributed by atoms with Crippen molar-refractivity contribution in [3.05, 3.63) is 59.2 Å². The Kier molecular flexibility index (Phi) is 8.90. The summed E-state index contributed by atoms with van der Waals surface area (Å²) in [6, 6.07) is 7.69. The second kappa shape index (κ2) is 12.3. The number of anilines is 1. The molecule has 1 unspecified atom stereocenters. The van der Waals surface area contributed by atoms with Gasteiger partial charge in [-0.3, -0.25) is 19.6 Å². The molecular weight excluding hydrogens is 511 g/mol. The molecule has 3 aromatic heterocycles. The fraction of sp³-hybridized carbons (Fsp3) is 0.448. The highest BCUT2D eigenvalue weighted by molar-refractivity contribution is 6.00. The van der Waals surface area contributed by atoms with Gasteiger partial charge in [0, 0.05) is 24.0 Å². The van der Waals surface area contributed by atoms with Crippen molar-refractivity contribution in [3.8, 4) is 17.5 Å². The lowest BCUT2D eigenvalue weighted by Crippen LogP contribution is -2.42. The van der Waals surface area contributed by atoms with E-state index in [1.54, 1.807) is 12.1 Å². The Labute approximate surface area is 233 Å². The Balaban J connectivity index is 1.59. The van der Waals surface area contributed by atoms with E-state index >= 15 is 0 Å². The summed E-state index contributed by atoms with van der Waals surface area (Å²) in [6.07, 6.45) is 9.70. The first-order valence-electron chi connectivity index (χ1n) is 13.6. The van der Waals surface area contributed by atoms with Crippen LogP contribution in [0.25, 0.3) is 17.5 Å². The number of nitrogens with one attached hydrogen (secondary N) is 3. The van der Waals surface area contributed by atoms with Crippen LogP contribution in [0.5, 0.6) is 0 Å². The van der Waals surface area contributed by atoms with Gasteiger partial charge in [0.15, 0.2) is 0 Å². The number of aliphatic hydroxyl groups is 1. The van der Waals surface area contributed by atoms with Gasteiger partial charge in [-0.1, -0.05) is 6.92 Å². The number of nitrogen functional groups attached to an aromatic ring is 1. The molecule has 40 heavy (non-hydrogen) atoms. The maximum atomic E-state index is 14.3. The number of H-pyrrole nitrogens is 1. The van der Waals surface area contributed by atoms with Crippen molar-refractivity contribution in [2.24, 2.45) is 0 Å². The maximum absolute atomic E-state index is 14.3. The van der Waals surface area contributed by atoms with E-state index in [0.717, 1.165) is 25.7 Å². The van der Waals surface area contributed by atoms with Crippen molar-refractivity contribution < 1.29 is 14.3 Å². The van der Waals surface area contributed by atoms with Gasteiger partial charge in [0.05, 0.1) is 52.7 Å². The molecule has 1 amide bonds. The third-order valence-corrected chi connectivity index (χ3v) is 7.49. The predicted octanol–water partition coefficient (Wildman–Crippen LogP) is 4.28. The molecule has 4 rings (SSSR count). The van der Waals surface area contributed by atoms with Gasteiger partial charge < -0.3 is 21.6 Å². The molecule has 0 radical (unpaired) electrons. The van der Waals surface area contributed by atoms with Crippen molar-refractivity contribution in [2.45, 2.75) is 76.6 Å². The molecule has 0 aromatic carbocycles. The summed E-state index contributed by atoms with van der Waals surface area (Å²) in [6.45, 7) is 4.29. The Morgan fingerprint density at radius 1 is 1.35 bits per heavy atom. The van der Waals surface area contributed by atoms with Crippen LogP contribution in [-0.2, 0) is 0 Å². The van der Waals surface area contributed by atoms with E-state index in [2.05, 4.69) is 31.9 Å². The number of nitriles is 1. The minimum atomic E-state index is -1.63. The number of aromatic nitrogens is 4. The molecule has 212 valence electrons. The van der Waals surface area contributed by atoms with E-state index in [-0.39, 0.29) is 18.2 Å². The first kappa shape index (κ1) is 28.8. The average molecular weight is 549 g/mol. The summed E-state index contributed by atoms with van der Waals surface area (Å²) in [4.78, 5) is 17.6. The molecule has 0 aliphatic heterocycles. The Hall–Kier alpha value is -4.17. The molecule has 1 aliphatic carbocycles. The molecule has 1 fully saturated rings. The second-order valence-corrected chi connectivity index (χ2v) is 10.8. The lowest BCUT2D eigenvalue weighted by atomic mass is 9.83. The van der Waals surface area contributed by atoms with Crippen LogP contribution in [0.4, 0.5) is 10.1 Å². The molecule has 0 bridgehead atoms. The number of aromatic amines is 1. The predicted molar refractivity (Wildman–Crippen MR) is 152 cm³/mol. The number of carbonyl (C=O) groups is 1. The van der Waals surface area contributed by atoms with Crippen LogP contribution in [-0.4, -0.2) is 55.2 Å². The number of halogens is 1. The zero-order chi connectivity index (χ0) is 28.9. The quantitative estimate of drug-likeness (QED) is 0.187. The number of pyridine rings is 1. The van der Waals surface area contributed by atoms with Crippen LogP contribution < -0.4 is 16.5 Å². The third kappa shape index (κ3) is 6.69. The van der Waals surface area contributed by atoms with Crippen molar-refractivity contribution in [1.82, 2.24) is 25.2 Å². The van der Waals surface area contributed by atoms with Crippen LogP contribution in [0, 0.1) is 11.3 Å². The van der Waals surface area contributed by atoms with E-state index in [0.29, 0.717) is 40.7 Å². The summed E-state index contributed by atoms with van der Waals surface area (Å²) in [5, 5.41) is 32.3. The van der Waals surface area contributed by atoms with Crippen molar-refractivity contribution in [3.63, 3.8) is 0 Å².